The van der Waals surface area contributed by atoms with Crippen molar-refractivity contribution >= 4 is 23.2 Å². The molecular weight excluding hydrogens is 316 g/mol. The summed E-state index contributed by atoms with van der Waals surface area (Å²) in [5.41, 5.74) is -0.450. The van der Waals surface area contributed by atoms with Crippen LogP contribution >= 0.6 is 0 Å². The summed E-state index contributed by atoms with van der Waals surface area (Å²) in [5.74, 6) is -6.99. The number of anilines is 2. The maximum absolute atomic E-state index is 13.4. The monoisotopic (exact) mass is 326 g/mol. The van der Waals surface area contributed by atoms with Crippen LogP contribution < -0.4 is 10.6 Å². The molecule has 2 aromatic rings. The van der Waals surface area contributed by atoms with E-state index >= 15 is 0 Å². The van der Waals surface area contributed by atoms with E-state index in [0.717, 1.165) is 12.1 Å². The lowest BCUT2D eigenvalue weighted by atomic mass is 10.2. The van der Waals surface area contributed by atoms with Crippen LogP contribution in [0.2, 0.25) is 0 Å². The molecule has 0 aliphatic carbocycles. The van der Waals surface area contributed by atoms with E-state index in [0.29, 0.717) is 6.07 Å². The van der Waals surface area contributed by atoms with Crippen molar-refractivity contribution in [3.63, 3.8) is 0 Å². The highest BCUT2D eigenvalue weighted by molar-refractivity contribution is 6.08. The number of amides is 2. The van der Waals surface area contributed by atoms with E-state index in [9.17, 15) is 27.2 Å². The number of carbonyl (C=O) groups is 2. The van der Waals surface area contributed by atoms with Crippen molar-refractivity contribution in [2.24, 2.45) is 0 Å². The Kier molecular flexibility index (Phi) is 4.95. The van der Waals surface area contributed by atoms with Crippen LogP contribution in [0.5, 0.6) is 0 Å². The quantitative estimate of drug-likeness (QED) is 0.515. The van der Waals surface area contributed by atoms with Gasteiger partial charge in [-0.25, -0.2) is 17.6 Å². The van der Waals surface area contributed by atoms with Gasteiger partial charge in [-0.05, 0) is 30.3 Å². The summed E-state index contributed by atoms with van der Waals surface area (Å²) in [4.78, 5) is 23.2. The molecule has 8 heteroatoms. The first-order chi connectivity index (χ1) is 10.9. The lowest BCUT2D eigenvalue weighted by Gasteiger charge is -2.08. The molecular formula is C15H10F4N2O2. The van der Waals surface area contributed by atoms with Crippen LogP contribution in [0.15, 0.2) is 36.4 Å². The number of carbonyl (C=O) groups excluding carboxylic acids is 2. The zero-order valence-electron chi connectivity index (χ0n) is 11.5. The van der Waals surface area contributed by atoms with Crippen LogP contribution in [-0.2, 0) is 9.59 Å². The van der Waals surface area contributed by atoms with E-state index in [4.69, 9.17) is 0 Å². The Morgan fingerprint density at radius 1 is 0.870 bits per heavy atom. The second-order valence-electron chi connectivity index (χ2n) is 4.51. The molecule has 0 atom stereocenters. The van der Waals surface area contributed by atoms with Gasteiger partial charge in [0.25, 0.3) is 0 Å². The second-order valence-corrected chi connectivity index (χ2v) is 4.51. The molecule has 0 spiro atoms. The first-order valence-corrected chi connectivity index (χ1v) is 6.35. The molecule has 0 fully saturated rings. The standard InChI is InChI=1S/C15H10F4N2O2/c16-8-2-1-3-9(6-8)20-12(22)7-13(23)21-11-5-4-10(17)14(18)15(11)19/h1-6H,7H2,(H,20,22)(H,21,23). The zero-order chi connectivity index (χ0) is 17.0. The molecule has 0 bridgehead atoms. The summed E-state index contributed by atoms with van der Waals surface area (Å²) < 4.78 is 52.1. The fraction of sp³-hybridized carbons (Fsp3) is 0.0667. The van der Waals surface area contributed by atoms with Gasteiger partial charge in [0.2, 0.25) is 11.8 Å². The molecule has 2 rings (SSSR count). The SMILES string of the molecule is O=C(CC(=O)Nc1ccc(F)c(F)c1F)Nc1cccc(F)c1. The van der Waals surface area contributed by atoms with Crippen molar-refractivity contribution in [3.05, 3.63) is 59.7 Å². The minimum absolute atomic E-state index is 0.141. The van der Waals surface area contributed by atoms with Crippen LogP contribution in [0.4, 0.5) is 28.9 Å². The molecule has 0 unspecified atom stereocenters. The molecule has 2 N–H and O–H groups in total. The average molecular weight is 326 g/mol. The summed E-state index contributed by atoms with van der Waals surface area (Å²) >= 11 is 0. The van der Waals surface area contributed by atoms with E-state index in [2.05, 4.69) is 5.32 Å². The van der Waals surface area contributed by atoms with Crippen molar-refractivity contribution in [1.29, 1.82) is 0 Å². The third kappa shape index (κ3) is 4.29. The van der Waals surface area contributed by atoms with Crippen molar-refractivity contribution in [1.82, 2.24) is 0 Å². The van der Waals surface area contributed by atoms with Gasteiger partial charge in [0.1, 0.15) is 12.2 Å². The Bertz CT molecular complexity index is 765. The van der Waals surface area contributed by atoms with Gasteiger partial charge < -0.3 is 10.6 Å². The van der Waals surface area contributed by atoms with Crippen molar-refractivity contribution < 1.29 is 27.2 Å². The fourth-order valence-corrected chi connectivity index (χ4v) is 1.73. The number of nitrogens with one attached hydrogen (secondary N) is 2. The number of benzene rings is 2. The first kappa shape index (κ1) is 16.5. The van der Waals surface area contributed by atoms with Gasteiger partial charge in [-0.15, -0.1) is 0 Å². The Morgan fingerprint density at radius 2 is 1.57 bits per heavy atom. The van der Waals surface area contributed by atoms with Crippen molar-refractivity contribution in [2.75, 3.05) is 10.6 Å². The topological polar surface area (TPSA) is 58.2 Å². The van der Waals surface area contributed by atoms with Gasteiger partial charge in [-0.2, -0.15) is 0 Å². The van der Waals surface area contributed by atoms with Crippen molar-refractivity contribution in [3.8, 4) is 0 Å². The zero-order valence-corrected chi connectivity index (χ0v) is 11.5. The van der Waals surface area contributed by atoms with Crippen LogP contribution in [0.25, 0.3) is 0 Å². The Labute approximate surface area is 128 Å². The predicted octanol–water partition coefficient (Wildman–Crippen LogP) is 3.21. The van der Waals surface area contributed by atoms with Gasteiger partial charge in [0.15, 0.2) is 17.5 Å². The highest BCUT2D eigenvalue weighted by atomic mass is 19.2. The maximum Gasteiger partial charge on any atom is 0.233 e. The Morgan fingerprint density at radius 3 is 2.26 bits per heavy atom. The summed E-state index contributed by atoms with van der Waals surface area (Å²) in [6.07, 6.45) is -0.713. The minimum atomic E-state index is -1.73. The van der Waals surface area contributed by atoms with Gasteiger partial charge in [0, 0.05) is 5.69 Å². The van der Waals surface area contributed by atoms with E-state index in [1.807, 2.05) is 5.32 Å². The number of hydrogen-bond acceptors (Lipinski definition) is 2. The van der Waals surface area contributed by atoms with E-state index in [-0.39, 0.29) is 5.69 Å². The lowest BCUT2D eigenvalue weighted by molar-refractivity contribution is -0.123. The predicted molar refractivity (Wildman–Crippen MR) is 74.6 cm³/mol. The highest BCUT2D eigenvalue weighted by Crippen LogP contribution is 2.19. The molecule has 23 heavy (non-hydrogen) atoms. The van der Waals surface area contributed by atoms with Crippen molar-refractivity contribution in [2.45, 2.75) is 6.42 Å². The molecule has 0 radical (unpaired) electrons. The molecule has 0 saturated carbocycles. The second kappa shape index (κ2) is 6.91. The van der Waals surface area contributed by atoms with Crippen LogP contribution in [0.3, 0.4) is 0 Å². The number of rotatable bonds is 4. The van der Waals surface area contributed by atoms with Gasteiger partial charge >= 0.3 is 0 Å². The largest absolute Gasteiger partial charge is 0.326 e. The van der Waals surface area contributed by atoms with E-state index < -0.39 is 47.2 Å². The summed E-state index contributed by atoms with van der Waals surface area (Å²) in [6, 6.07) is 6.46. The van der Waals surface area contributed by atoms with Gasteiger partial charge in [0.05, 0.1) is 5.69 Å². The van der Waals surface area contributed by atoms with E-state index in [1.165, 1.54) is 18.2 Å². The molecule has 2 amide bonds. The highest BCUT2D eigenvalue weighted by Gasteiger charge is 2.17. The Hall–Kier alpha value is -2.90. The Balaban J connectivity index is 1.97. The maximum atomic E-state index is 13.4. The van der Waals surface area contributed by atoms with E-state index in [1.54, 1.807) is 0 Å². The smallest absolute Gasteiger partial charge is 0.233 e. The summed E-state index contributed by atoms with van der Waals surface area (Å²) in [5, 5.41) is 4.22. The molecule has 0 aliphatic heterocycles. The average Bonchev–Trinajstić information content (AvgIpc) is 2.47. The van der Waals surface area contributed by atoms with Gasteiger partial charge in [-0.3, -0.25) is 9.59 Å². The minimum Gasteiger partial charge on any atom is -0.326 e. The molecule has 0 heterocycles. The van der Waals surface area contributed by atoms with Gasteiger partial charge in [-0.1, -0.05) is 6.07 Å². The summed E-state index contributed by atoms with van der Waals surface area (Å²) in [6.45, 7) is 0. The first-order valence-electron chi connectivity index (χ1n) is 6.35. The molecule has 0 aromatic heterocycles. The third-order valence-electron chi connectivity index (χ3n) is 2.74. The molecule has 120 valence electrons. The molecule has 0 saturated heterocycles. The lowest BCUT2D eigenvalue weighted by Crippen LogP contribution is -2.22. The molecule has 0 aliphatic rings. The molecule has 2 aromatic carbocycles. The van der Waals surface area contributed by atoms with Crippen LogP contribution in [0, 0.1) is 23.3 Å². The normalized spacial score (nSPS) is 10.3. The van der Waals surface area contributed by atoms with Crippen LogP contribution in [-0.4, -0.2) is 11.8 Å². The fourth-order valence-electron chi connectivity index (χ4n) is 1.73. The van der Waals surface area contributed by atoms with Crippen LogP contribution in [0.1, 0.15) is 6.42 Å². The number of halogens is 4. The summed E-state index contributed by atoms with van der Waals surface area (Å²) in [7, 11) is 0. The third-order valence-corrected chi connectivity index (χ3v) is 2.74. The number of hydrogen-bond donors (Lipinski definition) is 2. The molecule has 4 nitrogen and oxygen atoms in total.